The van der Waals surface area contributed by atoms with E-state index in [-0.39, 0.29) is 41.8 Å². The molecule has 2 saturated heterocycles. The number of amides is 1. The van der Waals surface area contributed by atoms with Gasteiger partial charge in [-0.05, 0) is 38.0 Å². The number of carbonyl (C=O) groups excluding carboxylic acids is 1. The molecule has 1 N–H and O–H groups in total. The minimum Gasteiger partial charge on any atom is -0.459 e. The minimum absolute atomic E-state index is 0. The number of furan rings is 1. The second-order valence-corrected chi connectivity index (χ2v) is 7.51. The number of benzene rings is 1. The molecule has 30 heavy (non-hydrogen) atoms. The number of rotatable bonds is 3. The third kappa shape index (κ3) is 4.72. The van der Waals surface area contributed by atoms with Gasteiger partial charge in [0.2, 0.25) is 0 Å². The van der Waals surface area contributed by atoms with Crippen molar-refractivity contribution in [1.82, 2.24) is 15.1 Å². The smallest absolute Gasteiger partial charge is 0.251 e. The van der Waals surface area contributed by atoms with Crippen LogP contribution in [0.4, 0.5) is 4.39 Å². The second kappa shape index (κ2) is 9.95. The van der Waals surface area contributed by atoms with Crippen LogP contribution >= 0.6 is 24.0 Å². The Morgan fingerprint density at radius 3 is 2.67 bits per heavy atom. The molecule has 0 aliphatic carbocycles. The first-order valence-corrected chi connectivity index (χ1v) is 10.1. The Labute approximate surface area is 192 Å². The van der Waals surface area contributed by atoms with E-state index < -0.39 is 0 Å². The van der Waals surface area contributed by atoms with Crippen LogP contribution in [0.25, 0.3) is 11.0 Å². The average molecular weight is 530 g/mol. The fraction of sp³-hybridized carbons (Fsp3) is 0.524. The molecule has 2 fully saturated rings. The van der Waals surface area contributed by atoms with Crippen LogP contribution in [0, 0.1) is 12.7 Å². The molecule has 2 aliphatic heterocycles. The molecule has 1 aromatic heterocycles. The summed E-state index contributed by atoms with van der Waals surface area (Å²) in [5.74, 6) is 1.36. The van der Waals surface area contributed by atoms with Crippen LogP contribution in [0.15, 0.2) is 27.6 Å². The normalized spacial score (nSPS) is 19.8. The topological polar surface area (TPSA) is 70.3 Å². The van der Waals surface area contributed by atoms with Crippen molar-refractivity contribution in [2.24, 2.45) is 4.99 Å². The highest BCUT2D eigenvalue weighted by Crippen LogP contribution is 2.26. The lowest BCUT2D eigenvalue weighted by atomic mass is 10.1. The third-order valence-electron chi connectivity index (χ3n) is 5.71. The Morgan fingerprint density at radius 1 is 1.27 bits per heavy atom. The fourth-order valence-electron chi connectivity index (χ4n) is 4.02. The number of piperazine rings is 1. The van der Waals surface area contributed by atoms with Crippen molar-refractivity contribution in [2.75, 3.05) is 39.8 Å². The Kier molecular flexibility index (Phi) is 7.56. The van der Waals surface area contributed by atoms with Crippen LogP contribution in [0.3, 0.4) is 0 Å². The van der Waals surface area contributed by atoms with E-state index in [1.54, 1.807) is 13.1 Å². The van der Waals surface area contributed by atoms with Crippen LogP contribution in [0.2, 0.25) is 0 Å². The van der Waals surface area contributed by atoms with Gasteiger partial charge >= 0.3 is 0 Å². The number of fused-ring (bicyclic) bond motifs is 1. The summed E-state index contributed by atoms with van der Waals surface area (Å²) < 4.78 is 24.9. The highest BCUT2D eigenvalue weighted by molar-refractivity contribution is 14.0. The molecule has 2 aliphatic rings. The maximum absolute atomic E-state index is 13.5. The number of carbonyl (C=O) groups is 1. The standard InChI is InChI=1S/C21H27FN4O3.HI/c1-14-16-12-15(22)5-6-17(16)29-19(14)13-24-21(23-2)26-9-7-25(8-10-26)20(27)18-4-3-11-28-18;/h5-6,12,18H,3-4,7-11,13H2,1-2H3,(H,23,24);1H. The lowest BCUT2D eigenvalue weighted by molar-refractivity contribution is -0.142. The van der Waals surface area contributed by atoms with Gasteiger partial charge in [0.25, 0.3) is 5.91 Å². The van der Waals surface area contributed by atoms with E-state index in [0.717, 1.165) is 35.5 Å². The maximum Gasteiger partial charge on any atom is 0.251 e. The Morgan fingerprint density at radius 2 is 2.00 bits per heavy atom. The molecule has 0 bridgehead atoms. The summed E-state index contributed by atoms with van der Waals surface area (Å²) in [6.45, 7) is 5.81. The van der Waals surface area contributed by atoms with E-state index in [9.17, 15) is 9.18 Å². The van der Waals surface area contributed by atoms with Gasteiger partial charge < -0.3 is 24.3 Å². The first-order valence-electron chi connectivity index (χ1n) is 10.1. The summed E-state index contributed by atoms with van der Waals surface area (Å²) >= 11 is 0. The summed E-state index contributed by atoms with van der Waals surface area (Å²) in [5.41, 5.74) is 1.60. The molecule has 0 spiro atoms. The molecular formula is C21H28FIN4O3. The van der Waals surface area contributed by atoms with Crippen molar-refractivity contribution in [3.63, 3.8) is 0 Å². The molecule has 164 valence electrons. The molecule has 7 nitrogen and oxygen atoms in total. The quantitative estimate of drug-likeness (QED) is 0.376. The Hall–Kier alpha value is -1.88. The summed E-state index contributed by atoms with van der Waals surface area (Å²) in [6.07, 6.45) is 1.52. The van der Waals surface area contributed by atoms with Crippen molar-refractivity contribution >= 4 is 46.8 Å². The van der Waals surface area contributed by atoms with Gasteiger partial charge in [-0.3, -0.25) is 9.79 Å². The van der Waals surface area contributed by atoms with Crippen molar-refractivity contribution in [1.29, 1.82) is 0 Å². The molecule has 9 heteroatoms. The zero-order valence-electron chi connectivity index (χ0n) is 17.3. The molecule has 4 rings (SSSR count). The fourth-order valence-corrected chi connectivity index (χ4v) is 4.02. The number of nitrogens with one attached hydrogen (secondary N) is 1. The molecule has 1 unspecified atom stereocenters. The minimum atomic E-state index is -0.271. The van der Waals surface area contributed by atoms with Gasteiger partial charge in [0, 0.05) is 50.8 Å². The molecule has 0 radical (unpaired) electrons. The van der Waals surface area contributed by atoms with Crippen LogP contribution in [-0.4, -0.2) is 67.6 Å². The van der Waals surface area contributed by atoms with Crippen LogP contribution in [0.5, 0.6) is 0 Å². The Bertz CT molecular complexity index is 918. The van der Waals surface area contributed by atoms with Gasteiger partial charge in [-0.1, -0.05) is 0 Å². The number of guanidine groups is 1. The lowest BCUT2D eigenvalue weighted by Gasteiger charge is -2.37. The van der Waals surface area contributed by atoms with E-state index >= 15 is 0 Å². The number of ether oxygens (including phenoxy) is 1. The first-order chi connectivity index (χ1) is 14.1. The number of nitrogens with zero attached hydrogens (tertiary/aromatic N) is 3. The summed E-state index contributed by atoms with van der Waals surface area (Å²) in [6, 6.07) is 4.55. The predicted octanol–water partition coefficient (Wildman–Crippen LogP) is 2.90. The van der Waals surface area contributed by atoms with Gasteiger partial charge in [-0.15, -0.1) is 24.0 Å². The number of halogens is 2. The van der Waals surface area contributed by atoms with E-state index in [1.807, 2.05) is 11.8 Å². The molecule has 2 aromatic rings. The molecule has 1 aromatic carbocycles. The largest absolute Gasteiger partial charge is 0.459 e. The Balaban J connectivity index is 0.00000256. The molecule has 3 heterocycles. The van der Waals surface area contributed by atoms with Gasteiger partial charge in [-0.2, -0.15) is 0 Å². The van der Waals surface area contributed by atoms with Gasteiger partial charge in [0.1, 0.15) is 23.3 Å². The van der Waals surface area contributed by atoms with Gasteiger partial charge in [0.15, 0.2) is 5.96 Å². The average Bonchev–Trinajstić information content (AvgIpc) is 3.38. The van der Waals surface area contributed by atoms with Crippen molar-refractivity contribution in [2.45, 2.75) is 32.4 Å². The highest BCUT2D eigenvalue weighted by atomic mass is 127. The number of hydrogen-bond acceptors (Lipinski definition) is 4. The number of hydrogen-bond donors (Lipinski definition) is 1. The number of aryl methyl sites for hydroxylation is 1. The zero-order valence-corrected chi connectivity index (χ0v) is 19.6. The lowest BCUT2D eigenvalue weighted by Crippen LogP contribution is -2.55. The monoisotopic (exact) mass is 530 g/mol. The predicted molar refractivity (Wildman–Crippen MR) is 124 cm³/mol. The van der Waals surface area contributed by atoms with Gasteiger partial charge in [-0.25, -0.2) is 4.39 Å². The van der Waals surface area contributed by atoms with Crippen molar-refractivity contribution in [3.8, 4) is 0 Å². The van der Waals surface area contributed by atoms with E-state index in [2.05, 4.69) is 15.2 Å². The van der Waals surface area contributed by atoms with E-state index in [0.29, 0.717) is 44.9 Å². The third-order valence-corrected chi connectivity index (χ3v) is 5.71. The van der Waals surface area contributed by atoms with E-state index in [4.69, 9.17) is 9.15 Å². The molecule has 1 amide bonds. The van der Waals surface area contributed by atoms with E-state index in [1.165, 1.54) is 12.1 Å². The van der Waals surface area contributed by atoms with Crippen LogP contribution in [-0.2, 0) is 16.1 Å². The molecular weight excluding hydrogens is 502 g/mol. The van der Waals surface area contributed by atoms with Crippen molar-refractivity contribution < 1.29 is 18.3 Å². The summed E-state index contributed by atoms with van der Waals surface area (Å²) in [4.78, 5) is 20.9. The first kappa shape index (κ1) is 22.8. The van der Waals surface area contributed by atoms with Gasteiger partial charge in [0.05, 0.1) is 6.54 Å². The van der Waals surface area contributed by atoms with Crippen LogP contribution in [0.1, 0.15) is 24.2 Å². The zero-order chi connectivity index (χ0) is 20.4. The maximum atomic E-state index is 13.5. The second-order valence-electron chi connectivity index (χ2n) is 7.51. The highest BCUT2D eigenvalue weighted by Gasteiger charge is 2.31. The molecule has 1 atom stereocenters. The van der Waals surface area contributed by atoms with Crippen molar-refractivity contribution in [3.05, 3.63) is 35.3 Å². The SMILES string of the molecule is CN=C(NCc1oc2ccc(F)cc2c1C)N1CCN(C(=O)C2CCCO2)CC1.I. The number of aliphatic imine (C=N–C) groups is 1. The summed E-state index contributed by atoms with van der Waals surface area (Å²) in [5, 5.41) is 4.12. The molecule has 0 saturated carbocycles. The summed E-state index contributed by atoms with van der Waals surface area (Å²) in [7, 11) is 1.74. The van der Waals surface area contributed by atoms with Crippen LogP contribution < -0.4 is 5.32 Å².